The minimum atomic E-state index is -0.972. The van der Waals surface area contributed by atoms with Crippen molar-refractivity contribution in [3.8, 4) is 28.1 Å². The summed E-state index contributed by atoms with van der Waals surface area (Å²) in [5.74, 6) is -0.589. The van der Waals surface area contributed by atoms with Gasteiger partial charge in [0.15, 0.2) is 0 Å². The van der Waals surface area contributed by atoms with Gasteiger partial charge in [-0.05, 0) is 85.6 Å². The predicted molar refractivity (Wildman–Crippen MR) is 169 cm³/mol. The summed E-state index contributed by atoms with van der Waals surface area (Å²) < 4.78 is 20.9. The number of aliphatic hydroxyl groups is 1. The van der Waals surface area contributed by atoms with Gasteiger partial charge in [0.2, 0.25) is 5.91 Å². The largest absolute Gasteiger partial charge is 0.494 e. The van der Waals surface area contributed by atoms with Crippen LogP contribution < -0.4 is 20.7 Å². The number of carbonyl (C=O) groups excluding carboxylic acids is 2. The van der Waals surface area contributed by atoms with Gasteiger partial charge in [0.25, 0.3) is 5.91 Å². The number of amides is 2. The first-order chi connectivity index (χ1) is 21.3. The van der Waals surface area contributed by atoms with E-state index in [4.69, 9.17) is 21.4 Å². The number of hydrogen-bond donors (Lipinski definition) is 4. The summed E-state index contributed by atoms with van der Waals surface area (Å²) in [6.45, 7) is 2.04. The highest BCUT2D eigenvalue weighted by Crippen LogP contribution is 2.38. The number of halogens is 2. The molecule has 2 heterocycles. The van der Waals surface area contributed by atoms with Gasteiger partial charge in [-0.1, -0.05) is 41.9 Å². The molecule has 0 aliphatic carbocycles. The number of nitrogens with one attached hydrogen (secondary N) is 3. The van der Waals surface area contributed by atoms with Crippen molar-refractivity contribution in [1.29, 1.82) is 0 Å². The average Bonchev–Trinajstić information content (AvgIpc) is 3.38. The topological polar surface area (TPSA) is 105 Å². The molecule has 4 N–H and O–H groups in total. The van der Waals surface area contributed by atoms with E-state index in [9.17, 15) is 14.0 Å². The summed E-state index contributed by atoms with van der Waals surface area (Å²) in [7, 11) is 1.79. The van der Waals surface area contributed by atoms with Gasteiger partial charge in [0.1, 0.15) is 22.8 Å². The maximum absolute atomic E-state index is 13.8. The van der Waals surface area contributed by atoms with E-state index in [-0.39, 0.29) is 12.4 Å². The van der Waals surface area contributed by atoms with Crippen molar-refractivity contribution >= 4 is 23.4 Å². The average molecular weight is 619 g/mol. The number of piperidine rings is 1. The molecule has 0 saturated carbocycles. The highest BCUT2D eigenvalue weighted by molar-refractivity contribution is 6.33. The molecule has 5 rings (SSSR count). The van der Waals surface area contributed by atoms with E-state index in [0.717, 1.165) is 27.9 Å². The van der Waals surface area contributed by atoms with Crippen molar-refractivity contribution in [3.05, 3.63) is 101 Å². The lowest BCUT2D eigenvalue weighted by Crippen LogP contribution is -2.62. The van der Waals surface area contributed by atoms with Crippen LogP contribution in [-0.2, 0) is 18.4 Å². The minimum Gasteiger partial charge on any atom is -0.494 e. The van der Waals surface area contributed by atoms with E-state index in [1.54, 1.807) is 35.9 Å². The third kappa shape index (κ3) is 7.03. The lowest BCUT2D eigenvalue weighted by molar-refractivity contribution is -0.127. The molecule has 4 aromatic rings. The Morgan fingerprint density at radius 3 is 2.41 bits per heavy atom. The second-order valence-corrected chi connectivity index (χ2v) is 11.3. The van der Waals surface area contributed by atoms with Crippen LogP contribution in [0.1, 0.15) is 35.3 Å². The van der Waals surface area contributed by atoms with Crippen molar-refractivity contribution in [2.45, 2.75) is 31.3 Å². The van der Waals surface area contributed by atoms with Gasteiger partial charge in [-0.15, -0.1) is 0 Å². The Hall–Kier alpha value is -4.02. The van der Waals surface area contributed by atoms with Crippen molar-refractivity contribution in [3.63, 3.8) is 0 Å². The Labute approximate surface area is 261 Å². The molecule has 3 aromatic carbocycles. The van der Waals surface area contributed by atoms with Crippen molar-refractivity contribution in [2.24, 2.45) is 7.05 Å². The zero-order chi connectivity index (χ0) is 31.1. The first-order valence-corrected chi connectivity index (χ1v) is 15.0. The normalized spacial score (nSPS) is 14.3. The molecule has 1 aliphatic rings. The minimum absolute atomic E-state index is 0.0539. The van der Waals surface area contributed by atoms with Crippen LogP contribution in [0.4, 0.5) is 4.39 Å². The molecule has 0 bridgehead atoms. The molecule has 8 nitrogen and oxygen atoms in total. The van der Waals surface area contributed by atoms with Crippen LogP contribution in [-0.4, -0.2) is 53.3 Å². The van der Waals surface area contributed by atoms with Crippen LogP contribution in [0.2, 0.25) is 5.02 Å². The van der Waals surface area contributed by atoms with E-state index in [1.165, 1.54) is 12.1 Å². The first-order valence-electron chi connectivity index (χ1n) is 14.7. The lowest BCUT2D eigenvalue weighted by atomic mass is 9.86. The number of nitrogens with zero attached hydrogens (tertiary/aromatic N) is 1. The van der Waals surface area contributed by atoms with Gasteiger partial charge in [-0.2, -0.15) is 0 Å². The number of ether oxygens (including phenoxy) is 1. The van der Waals surface area contributed by atoms with Crippen LogP contribution in [0, 0.1) is 5.82 Å². The molecule has 0 radical (unpaired) electrons. The highest BCUT2D eigenvalue weighted by Gasteiger charge is 2.40. The molecule has 1 saturated heterocycles. The highest BCUT2D eigenvalue weighted by atomic mass is 35.5. The van der Waals surface area contributed by atoms with E-state index >= 15 is 0 Å². The van der Waals surface area contributed by atoms with Gasteiger partial charge < -0.3 is 19.7 Å². The van der Waals surface area contributed by atoms with Crippen LogP contribution >= 0.6 is 11.6 Å². The summed E-state index contributed by atoms with van der Waals surface area (Å²) in [5, 5.41) is 18.9. The monoisotopic (exact) mass is 618 g/mol. The summed E-state index contributed by atoms with van der Waals surface area (Å²) in [6.07, 6.45) is 1.51. The number of imide groups is 1. The molecule has 0 spiro atoms. The van der Waals surface area contributed by atoms with Gasteiger partial charge in [0.05, 0.1) is 12.3 Å². The number of carbonyl (C=O) groups is 2. The summed E-state index contributed by atoms with van der Waals surface area (Å²) >= 11 is 6.61. The summed E-state index contributed by atoms with van der Waals surface area (Å²) in [4.78, 5) is 27.6. The van der Waals surface area contributed by atoms with E-state index < -0.39 is 17.4 Å². The Morgan fingerprint density at radius 1 is 1.02 bits per heavy atom. The molecule has 1 aromatic heterocycles. The molecule has 1 aliphatic heterocycles. The van der Waals surface area contributed by atoms with Gasteiger partial charge in [0, 0.05) is 42.8 Å². The van der Waals surface area contributed by atoms with E-state index in [1.807, 2.05) is 42.5 Å². The second kappa shape index (κ2) is 14.2. The number of aliphatic hydroxyl groups excluding tert-OH is 1. The third-order valence-corrected chi connectivity index (χ3v) is 8.32. The van der Waals surface area contributed by atoms with Crippen molar-refractivity contribution in [1.82, 2.24) is 20.5 Å². The maximum atomic E-state index is 13.8. The maximum Gasteiger partial charge on any atom is 0.274 e. The van der Waals surface area contributed by atoms with Crippen LogP contribution in [0.25, 0.3) is 22.4 Å². The Balaban J connectivity index is 1.43. The number of benzene rings is 3. The molecular weight excluding hydrogens is 583 g/mol. The zero-order valence-electron chi connectivity index (χ0n) is 24.5. The SMILES string of the molecule is Cn1c(C(=O)NC(=O)C2(NCc3ccc(F)cc3)CCNCC2)cc(-c2ccccc2Cl)c1-c1ccc(OCCCO)cc1. The molecule has 0 atom stereocenters. The second-order valence-electron chi connectivity index (χ2n) is 10.9. The van der Waals surface area contributed by atoms with Gasteiger partial charge in [-0.25, -0.2) is 4.39 Å². The lowest BCUT2D eigenvalue weighted by Gasteiger charge is -2.37. The fraction of sp³-hybridized carbons (Fsp3) is 0.294. The summed E-state index contributed by atoms with van der Waals surface area (Å²) in [6, 6.07) is 22.8. The van der Waals surface area contributed by atoms with Crippen LogP contribution in [0.15, 0.2) is 78.9 Å². The zero-order valence-corrected chi connectivity index (χ0v) is 25.3. The Bertz CT molecular complexity index is 1600. The fourth-order valence-corrected chi connectivity index (χ4v) is 5.75. The van der Waals surface area contributed by atoms with Crippen molar-refractivity contribution < 1.29 is 23.8 Å². The third-order valence-electron chi connectivity index (χ3n) is 7.99. The Kier molecular flexibility index (Phi) is 10.1. The number of aromatic nitrogens is 1. The molecular formula is C34H36ClFN4O4. The summed E-state index contributed by atoms with van der Waals surface area (Å²) in [5.41, 5.74) is 3.25. The molecule has 1 fully saturated rings. The number of rotatable bonds is 11. The molecule has 44 heavy (non-hydrogen) atoms. The van der Waals surface area contributed by atoms with Crippen molar-refractivity contribution in [2.75, 3.05) is 26.3 Å². The molecule has 10 heteroatoms. The van der Waals surface area contributed by atoms with E-state index in [0.29, 0.717) is 62.0 Å². The fourth-order valence-electron chi connectivity index (χ4n) is 5.52. The quantitative estimate of drug-likeness (QED) is 0.138. The molecule has 2 amide bonds. The van der Waals surface area contributed by atoms with Gasteiger partial charge in [-0.3, -0.25) is 20.2 Å². The predicted octanol–water partition coefficient (Wildman–Crippen LogP) is 5.08. The van der Waals surface area contributed by atoms with Crippen LogP contribution in [0.5, 0.6) is 5.75 Å². The molecule has 0 unspecified atom stereocenters. The first kappa shape index (κ1) is 31.4. The smallest absolute Gasteiger partial charge is 0.274 e. The van der Waals surface area contributed by atoms with Crippen LogP contribution in [0.3, 0.4) is 0 Å². The Morgan fingerprint density at radius 2 is 1.73 bits per heavy atom. The number of hydrogen-bond acceptors (Lipinski definition) is 6. The van der Waals surface area contributed by atoms with Gasteiger partial charge >= 0.3 is 0 Å². The standard InChI is InChI=1S/C34H36ClFN4O4/c1-40-30(32(42)39-33(43)34(15-17-37-18-16-34)38-22-23-7-11-25(36)12-8-23)21-28(27-5-2-3-6-29(27)35)31(40)24-9-13-26(14-10-24)44-20-4-19-41/h2-3,5-14,21,37-38,41H,4,15-20,22H2,1H3,(H,39,42,43). The van der Waals surface area contributed by atoms with E-state index in [2.05, 4.69) is 16.0 Å². The molecule has 230 valence electrons.